The Kier molecular flexibility index (Phi) is 5.78. The molecule has 0 unspecified atom stereocenters. The topological polar surface area (TPSA) is 44.2 Å². The summed E-state index contributed by atoms with van der Waals surface area (Å²) in [6.07, 6.45) is 7.90. The molecule has 1 aromatic heterocycles. The number of benzene rings is 2. The Bertz CT molecular complexity index is 839. The molecule has 0 atom stereocenters. The lowest BCUT2D eigenvalue weighted by Gasteiger charge is -2.09. The van der Waals surface area contributed by atoms with Gasteiger partial charge in [0.2, 0.25) is 11.8 Å². The van der Waals surface area contributed by atoms with Gasteiger partial charge in [-0.3, -0.25) is 0 Å². The number of ether oxygens (including phenoxy) is 2. The molecule has 130 valence electrons. The van der Waals surface area contributed by atoms with Gasteiger partial charge < -0.3 is 9.47 Å². The Hall–Kier alpha value is -3.40. The summed E-state index contributed by atoms with van der Waals surface area (Å²) >= 11 is 0. The van der Waals surface area contributed by atoms with E-state index in [9.17, 15) is 0 Å². The third kappa shape index (κ3) is 4.36. The summed E-state index contributed by atoms with van der Waals surface area (Å²) in [5, 5.41) is 8.22. The highest BCUT2D eigenvalue weighted by Crippen LogP contribution is 2.27. The Balaban J connectivity index is 1.76. The van der Waals surface area contributed by atoms with Crippen LogP contribution in [0.5, 0.6) is 23.3 Å². The number of hydrogen-bond acceptors (Lipinski definition) is 4. The maximum atomic E-state index is 5.84. The van der Waals surface area contributed by atoms with E-state index in [1.54, 1.807) is 12.1 Å². The number of para-hydroxylation sites is 2. The first kappa shape index (κ1) is 17.4. The van der Waals surface area contributed by atoms with E-state index in [1.165, 1.54) is 0 Å². The first-order valence-corrected chi connectivity index (χ1v) is 8.43. The quantitative estimate of drug-likeness (QED) is 0.540. The van der Waals surface area contributed by atoms with Crippen LogP contribution in [0.1, 0.15) is 25.0 Å². The van der Waals surface area contributed by atoms with E-state index in [0.717, 1.165) is 22.6 Å². The van der Waals surface area contributed by atoms with Crippen molar-refractivity contribution in [2.75, 3.05) is 0 Å². The van der Waals surface area contributed by atoms with Gasteiger partial charge in [0.05, 0.1) is 0 Å². The van der Waals surface area contributed by atoms with Gasteiger partial charge in [-0.2, -0.15) is 0 Å². The highest BCUT2D eigenvalue weighted by atomic mass is 16.5. The van der Waals surface area contributed by atoms with Crippen LogP contribution < -0.4 is 9.47 Å². The van der Waals surface area contributed by atoms with E-state index in [4.69, 9.17) is 9.47 Å². The molecule has 0 bridgehead atoms. The van der Waals surface area contributed by atoms with E-state index in [-0.39, 0.29) is 0 Å². The molecule has 4 nitrogen and oxygen atoms in total. The first-order chi connectivity index (χ1) is 12.8. The Morgan fingerprint density at radius 2 is 1.04 bits per heavy atom. The molecule has 0 spiro atoms. The maximum Gasteiger partial charge on any atom is 0.239 e. The van der Waals surface area contributed by atoms with Gasteiger partial charge >= 0.3 is 0 Å². The molecular formula is C22H20N2O2. The van der Waals surface area contributed by atoms with Crippen LogP contribution >= 0.6 is 0 Å². The molecule has 0 aliphatic heterocycles. The molecule has 4 heteroatoms. The normalized spacial score (nSPS) is 11.2. The Labute approximate surface area is 153 Å². The second-order valence-corrected chi connectivity index (χ2v) is 5.49. The zero-order valence-electron chi connectivity index (χ0n) is 14.8. The lowest BCUT2D eigenvalue weighted by molar-refractivity contribution is 0.426. The largest absolute Gasteiger partial charge is 0.437 e. The lowest BCUT2D eigenvalue weighted by atomic mass is 10.2. The molecule has 26 heavy (non-hydrogen) atoms. The summed E-state index contributed by atoms with van der Waals surface area (Å²) in [7, 11) is 0. The smallest absolute Gasteiger partial charge is 0.239 e. The van der Waals surface area contributed by atoms with Gasteiger partial charge in [-0.05, 0) is 26.0 Å². The average molecular weight is 344 g/mol. The third-order valence-corrected chi connectivity index (χ3v) is 3.58. The minimum Gasteiger partial charge on any atom is -0.437 e. The first-order valence-electron chi connectivity index (χ1n) is 8.43. The van der Waals surface area contributed by atoms with Crippen molar-refractivity contribution >= 4 is 12.2 Å². The van der Waals surface area contributed by atoms with E-state index >= 15 is 0 Å². The molecule has 0 aliphatic carbocycles. The summed E-state index contributed by atoms with van der Waals surface area (Å²) in [5.41, 5.74) is 1.97. The molecule has 0 aliphatic rings. The predicted octanol–water partition coefficient (Wildman–Crippen LogP) is 6.13. The van der Waals surface area contributed by atoms with Crippen LogP contribution in [-0.4, -0.2) is 10.2 Å². The second kappa shape index (κ2) is 8.62. The number of hydrogen-bond donors (Lipinski definition) is 0. The van der Waals surface area contributed by atoms with Gasteiger partial charge in [0, 0.05) is 23.3 Å². The summed E-state index contributed by atoms with van der Waals surface area (Å²) in [5.74, 6) is 2.28. The van der Waals surface area contributed by atoms with Gasteiger partial charge in [0.25, 0.3) is 0 Å². The molecule has 0 N–H and O–H groups in total. The zero-order valence-corrected chi connectivity index (χ0v) is 14.8. The molecule has 3 aromatic rings. The van der Waals surface area contributed by atoms with Gasteiger partial charge in [0.1, 0.15) is 11.5 Å². The summed E-state index contributed by atoms with van der Waals surface area (Å²) < 4.78 is 11.7. The molecule has 0 radical (unpaired) electrons. The van der Waals surface area contributed by atoms with E-state index < -0.39 is 0 Å². The van der Waals surface area contributed by atoms with Crippen molar-refractivity contribution < 1.29 is 9.47 Å². The molecule has 0 saturated heterocycles. The summed E-state index contributed by atoms with van der Waals surface area (Å²) in [4.78, 5) is 0. The average Bonchev–Trinajstić information content (AvgIpc) is 2.67. The fourth-order valence-electron chi connectivity index (χ4n) is 2.42. The highest BCUT2D eigenvalue weighted by Gasteiger charge is 2.06. The van der Waals surface area contributed by atoms with Gasteiger partial charge in [0.15, 0.2) is 0 Å². The van der Waals surface area contributed by atoms with Crippen LogP contribution in [0.15, 0.2) is 72.8 Å². The summed E-state index contributed by atoms with van der Waals surface area (Å²) in [6, 6.07) is 19.0. The van der Waals surface area contributed by atoms with Gasteiger partial charge in [-0.1, -0.05) is 60.7 Å². The SMILES string of the molecule is CC=Cc1ccccc1Oc1ccc(Oc2ccccc2C=CC)nn1. The highest BCUT2D eigenvalue weighted by molar-refractivity contribution is 5.58. The monoisotopic (exact) mass is 344 g/mol. The van der Waals surface area contributed by atoms with Crippen LogP contribution in [0.3, 0.4) is 0 Å². The summed E-state index contributed by atoms with van der Waals surface area (Å²) in [6.45, 7) is 3.93. The van der Waals surface area contributed by atoms with Gasteiger partial charge in [-0.15, -0.1) is 10.2 Å². The van der Waals surface area contributed by atoms with E-state index in [2.05, 4.69) is 10.2 Å². The van der Waals surface area contributed by atoms with Crippen molar-refractivity contribution in [2.45, 2.75) is 13.8 Å². The Morgan fingerprint density at radius 1 is 0.615 bits per heavy atom. The van der Waals surface area contributed by atoms with E-state index in [0.29, 0.717) is 11.8 Å². The predicted molar refractivity (Wildman–Crippen MR) is 104 cm³/mol. The van der Waals surface area contributed by atoms with Crippen LogP contribution in [0.25, 0.3) is 12.2 Å². The number of nitrogens with zero attached hydrogens (tertiary/aromatic N) is 2. The fraction of sp³-hybridized carbons (Fsp3) is 0.0909. The maximum absolute atomic E-state index is 5.84. The minimum absolute atomic E-state index is 0.413. The van der Waals surface area contributed by atoms with Crippen molar-refractivity contribution in [3.05, 3.63) is 83.9 Å². The van der Waals surface area contributed by atoms with Crippen molar-refractivity contribution in [1.82, 2.24) is 10.2 Å². The molecule has 2 aromatic carbocycles. The van der Waals surface area contributed by atoms with Crippen molar-refractivity contribution in [1.29, 1.82) is 0 Å². The third-order valence-electron chi connectivity index (χ3n) is 3.58. The standard InChI is InChI=1S/C22H20N2O2/c1-3-9-17-11-5-7-13-19(17)25-21-15-16-22(24-23-21)26-20-14-8-6-12-18(20)10-4-2/h3-16H,1-2H3. The molecule has 1 heterocycles. The van der Waals surface area contributed by atoms with Crippen LogP contribution in [-0.2, 0) is 0 Å². The molecule has 3 rings (SSSR count). The molecular weight excluding hydrogens is 324 g/mol. The van der Waals surface area contributed by atoms with Crippen LogP contribution in [0, 0.1) is 0 Å². The molecule has 0 saturated carbocycles. The molecule has 0 amide bonds. The van der Waals surface area contributed by atoms with Crippen molar-refractivity contribution in [3.63, 3.8) is 0 Å². The molecule has 0 fully saturated rings. The van der Waals surface area contributed by atoms with Crippen molar-refractivity contribution in [3.8, 4) is 23.3 Å². The van der Waals surface area contributed by atoms with Crippen LogP contribution in [0.4, 0.5) is 0 Å². The lowest BCUT2D eigenvalue weighted by Crippen LogP contribution is -1.95. The number of rotatable bonds is 6. The number of aromatic nitrogens is 2. The van der Waals surface area contributed by atoms with Gasteiger partial charge in [-0.25, -0.2) is 0 Å². The fourth-order valence-corrected chi connectivity index (χ4v) is 2.42. The Morgan fingerprint density at radius 3 is 1.42 bits per heavy atom. The number of allylic oxidation sites excluding steroid dienone is 2. The minimum atomic E-state index is 0.413. The van der Waals surface area contributed by atoms with E-state index in [1.807, 2.05) is 86.7 Å². The van der Waals surface area contributed by atoms with Crippen LogP contribution in [0.2, 0.25) is 0 Å². The second-order valence-electron chi connectivity index (χ2n) is 5.49. The van der Waals surface area contributed by atoms with Crippen molar-refractivity contribution in [2.24, 2.45) is 0 Å². The zero-order chi connectivity index (χ0) is 18.2.